The Bertz CT molecular complexity index is 701. The van der Waals surface area contributed by atoms with E-state index in [2.05, 4.69) is 19.7 Å². The van der Waals surface area contributed by atoms with Crippen molar-refractivity contribution in [2.24, 2.45) is 17.3 Å². The van der Waals surface area contributed by atoms with Gasteiger partial charge in [-0.05, 0) is 43.9 Å². The Kier molecular flexibility index (Phi) is 5.63. The second kappa shape index (κ2) is 8.37. The molecule has 0 N–H and O–H groups in total. The van der Waals surface area contributed by atoms with E-state index < -0.39 is 0 Å². The predicted octanol–water partition coefficient (Wildman–Crippen LogP) is 3.77. The maximum absolute atomic E-state index is 13.2. The fourth-order valence-corrected chi connectivity index (χ4v) is 6.01. The van der Waals surface area contributed by atoms with E-state index in [1.165, 1.54) is 44.9 Å². The molecule has 5 rings (SSSR count). The minimum absolute atomic E-state index is 0.118. The van der Waals surface area contributed by atoms with Crippen LogP contribution in [0.15, 0.2) is 6.33 Å². The summed E-state index contributed by atoms with van der Waals surface area (Å²) >= 11 is 0. The van der Waals surface area contributed by atoms with Crippen LogP contribution in [0.3, 0.4) is 0 Å². The number of hydrogen-bond acceptors (Lipinski definition) is 4. The summed E-state index contributed by atoms with van der Waals surface area (Å²) in [5.74, 6) is 3.33. The lowest BCUT2D eigenvalue weighted by atomic mass is 9.71. The van der Waals surface area contributed by atoms with Crippen LogP contribution in [0.2, 0.25) is 0 Å². The third kappa shape index (κ3) is 4.23. The molecule has 0 aromatic carbocycles. The molecule has 2 saturated carbocycles. The van der Waals surface area contributed by atoms with Crippen molar-refractivity contribution in [2.75, 3.05) is 26.3 Å². The van der Waals surface area contributed by atoms with Crippen molar-refractivity contribution in [3.8, 4) is 0 Å². The molecule has 2 aliphatic carbocycles. The first-order valence-corrected chi connectivity index (χ1v) is 12.0. The summed E-state index contributed by atoms with van der Waals surface area (Å²) in [4.78, 5) is 15.3. The molecule has 1 spiro atoms. The number of carbonyl (C=O) groups is 1. The largest absolute Gasteiger partial charge is 0.381 e. The topological polar surface area (TPSA) is 60.2 Å². The summed E-state index contributed by atoms with van der Waals surface area (Å²) in [7, 11) is 0. The van der Waals surface area contributed by atoms with Crippen molar-refractivity contribution in [2.45, 2.75) is 83.1 Å². The molecule has 1 unspecified atom stereocenters. The van der Waals surface area contributed by atoms with E-state index in [4.69, 9.17) is 4.74 Å². The van der Waals surface area contributed by atoms with Gasteiger partial charge in [-0.2, -0.15) is 0 Å². The summed E-state index contributed by atoms with van der Waals surface area (Å²) < 4.78 is 7.99. The maximum Gasteiger partial charge on any atom is 0.222 e. The smallest absolute Gasteiger partial charge is 0.222 e. The monoisotopic (exact) mass is 400 g/mol. The Morgan fingerprint density at radius 3 is 2.66 bits per heavy atom. The van der Waals surface area contributed by atoms with Crippen molar-refractivity contribution in [1.82, 2.24) is 19.7 Å². The van der Waals surface area contributed by atoms with Crippen LogP contribution in [0.25, 0.3) is 0 Å². The molecule has 0 radical (unpaired) electrons. The highest BCUT2D eigenvalue weighted by atomic mass is 16.5. The van der Waals surface area contributed by atoms with Gasteiger partial charge in [0.15, 0.2) is 0 Å². The van der Waals surface area contributed by atoms with Crippen LogP contribution in [0.4, 0.5) is 0 Å². The number of ether oxygens (including phenoxy) is 1. The van der Waals surface area contributed by atoms with Gasteiger partial charge in [0.1, 0.15) is 12.2 Å². The zero-order chi connectivity index (χ0) is 19.7. The number of aromatic nitrogens is 3. The Balaban J connectivity index is 1.29. The molecule has 6 nitrogen and oxygen atoms in total. The third-order valence-corrected chi connectivity index (χ3v) is 8.09. The second-order valence-electron chi connectivity index (χ2n) is 10.1. The van der Waals surface area contributed by atoms with Crippen molar-refractivity contribution in [3.63, 3.8) is 0 Å². The quantitative estimate of drug-likeness (QED) is 0.729. The van der Waals surface area contributed by atoms with Gasteiger partial charge < -0.3 is 14.2 Å². The van der Waals surface area contributed by atoms with Crippen molar-refractivity contribution < 1.29 is 9.53 Å². The molecule has 1 atom stereocenters. The lowest BCUT2D eigenvalue weighted by molar-refractivity contribution is -0.131. The Morgan fingerprint density at radius 2 is 1.90 bits per heavy atom. The minimum atomic E-state index is 0.118. The van der Waals surface area contributed by atoms with Gasteiger partial charge in [0, 0.05) is 50.6 Å². The van der Waals surface area contributed by atoms with Gasteiger partial charge in [0.05, 0.1) is 0 Å². The first kappa shape index (κ1) is 19.5. The molecular weight excluding hydrogens is 364 g/mol. The van der Waals surface area contributed by atoms with Crippen molar-refractivity contribution in [1.29, 1.82) is 0 Å². The van der Waals surface area contributed by atoms with Gasteiger partial charge in [-0.3, -0.25) is 4.79 Å². The molecule has 4 fully saturated rings. The Hall–Kier alpha value is -1.43. The van der Waals surface area contributed by atoms with Gasteiger partial charge in [-0.15, -0.1) is 10.2 Å². The molecule has 1 aromatic heterocycles. The molecule has 1 aromatic rings. The molecule has 160 valence electrons. The molecule has 4 aliphatic rings. The van der Waals surface area contributed by atoms with Crippen LogP contribution in [0.1, 0.15) is 82.4 Å². The van der Waals surface area contributed by atoms with Crippen molar-refractivity contribution in [3.05, 3.63) is 12.2 Å². The number of amides is 1. The maximum atomic E-state index is 13.2. The number of carbonyl (C=O) groups excluding carboxylic acids is 1. The molecule has 2 saturated heterocycles. The zero-order valence-electron chi connectivity index (χ0n) is 17.7. The fourth-order valence-electron chi connectivity index (χ4n) is 6.01. The van der Waals surface area contributed by atoms with Crippen molar-refractivity contribution >= 4 is 5.91 Å². The molecule has 29 heavy (non-hydrogen) atoms. The highest BCUT2D eigenvalue weighted by Gasteiger charge is 2.51. The summed E-state index contributed by atoms with van der Waals surface area (Å²) in [6.45, 7) is 4.34. The van der Waals surface area contributed by atoms with Crippen LogP contribution in [0, 0.1) is 17.3 Å². The first-order chi connectivity index (χ1) is 14.2. The highest BCUT2D eigenvalue weighted by molar-refractivity contribution is 5.76. The highest BCUT2D eigenvalue weighted by Crippen LogP contribution is 2.49. The minimum Gasteiger partial charge on any atom is -0.381 e. The van der Waals surface area contributed by atoms with E-state index in [1.807, 2.05) is 6.33 Å². The van der Waals surface area contributed by atoms with Crippen LogP contribution in [0.5, 0.6) is 0 Å². The molecule has 1 amide bonds. The van der Waals surface area contributed by atoms with Crippen LogP contribution in [-0.4, -0.2) is 51.9 Å². The number of rotatable bonds is 6. The summed E-state index contributed by atoms with van der Waals surface area (Å²) in [5, 5.41) is 8.85. The lowest BCUT2D eigenvalue weighted by Gasteiger charge is -2.37. The van der Waals surface area contributed by atoms with E-state index in [-0.39, 0.29) is 5.41 Å². The Labute approximate surface area is 174 Å². The van der Waals surface area contributed by atoms with Gasteiger partial charge in [-0.1, -0.05) is 32.1 Å². The number of nitrogens with zero attached hydrogens (tertiary/aromatic N) is 4. The SMILES string of the molecule is O=C(CCC1CCCCC1)N1CC(c2nncn2CC2CC2)C2(CCOCC2)C1. The van der Waals surface area contributed by atoms with Crippen LogP contribution in [-0.2, 0) is 16.1 Å². The number of likely N-dealkylation sites (tertiary alicyclic amines) is 1. The van der Waals surface area contributed by atoms with Gasteiger partial charge in [-0.25, -0.2) is 0 Å². The summed E-state index contributed by atoms with van der Waals surface area (Å²) in [6, 6.07) is 0. The number of hydrogen-bond donors (Lipinski definition) is 0. The molecule has 3 heterocycles. The van der Waals surface area contributed by atoms with Gasteiger partial charge in [0.25, 0.3) is 0 Å². The molecule has 0 bridgehead atoms. The first-order valence-electron chi connectivity index (χ1n) is 12.0. The zero-order valence-corrected chi connectivity index (χ0v) is 17.7. The normalized spacial score (nSPS) is 27.6. The van der Waals surface area contributed by atoms with Gasteiger partial charge >= 0.3 is 0 Å². The molecule has 2 aliphatic heterocycles. The fraction of sp³-hybridized carbons (Fsp3) is 0.870. The molecule has 6 heteroatoms. The van der Waals surface area contributed by atoms with E-state index in [0.29, 0.717) is 11.8 Å². The van der Waals surface area contributed by atoms with Crippen LogP contribution >= 0.6 is 0 Å². The van der Waals surface area contributed by atoms with E-state index in [1.54, 1.807) is 0 Å². The van der Waals surface area contributed by atoms with Gasteiger partial charge in [0.2, 0.25) is 5.91 Å². The predicted molar refractivity (Wildman–Crippen MR) is 110 cm³/mol. The molecular formula is C23H36N4O2. The summed E-state index contributed by atoms with van der Waals surface area (Å²) in [6.07, 6.45) is 15.1. The van der Waals surface area contributed by atoms with E-state index in [0.717, 1.165) is 76.2 Å². The summed E-state index contributed by atoms with van der Waals surface area (Å²) in [5.41, 5.74) is 0.118. The lowest BCUT2D eigenvalue weighted by Crippen LogP contribution is -2.38. The average molecular weight is 401 g/mol. The van der Waals surface area contributed by atoms with E-state index in [9.17, 15) is 4.79 Å². The third-order valence-electron chi connectivity index (χ3n) is 8.09. The standard InChI is InChI=1S/C23H36N4O2/c28-21(9-8-18-4-2-1-3-5-18)26-15-20(23(16-26)10-12-29-13-11-23)22-25-24-17-27(22)14-19-6-7-19/h17-20H,1-16H2. The average Bonchev–Trinajstić information content (AvgIpc) is 3.34. The van der Waals surface area contributed by atoms with E-state index >= 15 is 0 Å². The van der Waals surface area contributed by atoms with Crippen LogP contribution < -0.4 is 0 Å². The Morgan fingerprint density at radius 1 is 1.10 bits per heavy atom. The second-order valence-corrected chi connectivity index (χ2v) is 10.1.